The van der Waals surface area contributed by atoms with Gasteiger partial charge in [-0.25, -0.2) is 14.4 Å². The van der Waals surface area contributed by atoms with Gasteiger partial charge in [0.2, 0.25) is 5.95 Å². The summed E-state index contributed by atoms with van der Waals surface area (Å²) in [4.78, 5) is 13.1. The Kier molecular flexibility index (Phi) is 5.50. The molecule has 1 saturated carbocycles. The summed E-state index contributed by atoms with van der Waals surface area (Å²) in [6.45, 7) is 3.38. The largest absolute Gasteiger partial charge is 0.488 e. The second-order valence-electron chi connectivity index (χ2n) is 7.17. The predicted octanol–water partition coefficient (Wildman–Crippen LogP) is 2.10. The van der Waals surface area contributed by atoms with E-state index < -0.39 is 6.10 Å². The number of rotatable bonds is 4. The van der Waals surface area contributed by atoms with E-state index in [2.05, 4.69) is 19.8 Å². The van der Waals surface area contributed by atoms with E-state index in [4.69, 9.17) is 4.74 Å². The molecule has 0 unspecified atom stereocenters. The number of hydrogen-bond donors (Lipinski definition) is 1. The van der Waals surface area contributed by atoms with Crippen molar-refractivity contribution in [3.05, 3.63) is 48.5 Å². The molecule has 1 N–H and O–H groups in total. The summed E-state index contributed by atoms with van der Waals surface area (Å²) < 4.78 is 19.3. The summed E-state index contributed by atoms with van der Waals surface area (Å²) >= 11 is 0. The van der Waals surface area contributed by atoms with Gasteiger partial charge < -0.3 is 14.7 Å². The zero-order valence-corrected chi connectivity index (χ0v) is 15.2. The van der Waals surface area contributed by atoms with Gasteiger partial charge in [0.1, 0.15) is 23.8 Å². The molecule has 2 aromatic rings. The molecule has 7 heteroatoms. The number of aromatic nitrogens is 2. The number of benzene rings is 1. The molecule has 2 fully saturated rings. The van der Waals surface area contributed by atoms with Crippen molar-refractivity contribution < 1.29 is 14.2 Å². The molecule has 1 saturated heterocycles. The monoisotopic (exact) mass is 372 g/mol. The Bertz CT molecular complexity index is 740. The highest BCUT2D eigenvalue weighted by Crippen LogP contribution is 2.28. The van der Waals surface area contributed by atoms with Crippen LogP contribution in [0.2, 0.25) is 0 Å². The van der Waals surface area contributed by atoms with Crippen molar-refractivity contribution in [1.82, 2.24) is 14.9 Å². The lowest BCUT2D eigenvalue weighted by molar-refractivity contribution is -0.0547. The lowest BCUT2D eigenvalue weighted by Gasteiger charge is -2.44. The third-order valence-electron chi connectivity index (χ3n) is 5.47. The molecule has 144 valence electrons. The van der Waals surface area contributed by atoms with Crippen LogP contribution in [0.25, 0.3) is 0 Å². The summed E-state index contributed by atoms with van der Waals surface area (Å²) in [6, 6.07) is 8.01. The van der Waals surface area contributed by atoms with E-state index in [-0.39, 0.29) is 18.0 Å². The number of anilines is 1. The molecular weight excluding hydrogens is 347 g/mol. The molecule has 2 aliphatic rings. The quantitative estimate of drug-likeness (QED) is 0.887. The van der Waals surface area contributed by atoms with Gasteiger partial charge in [-0.15, -0.1) is 0 Å². The minimum absolute atomic E-state index is 0.0659. The topological polar surface area (TPSA) is 61.7 Å². The molecule has 1 aromatic heterocycles. The van der Waals surface area contributed by atoms with Crippen LogP contribution in [0.4, 0.5) is 10.3 Å². The Morgan fingerprint density at radius 1 is 1.04 bits per heavy atom. The fraction of sp³-hybridized carbons (Fsp3) is 0.500. The van der Waals surface area contributed by atoms with Gasteiger partial charge >= 0.3 is 0 Å². The van der Waals surface area contributed by atoms with E-state index >= 15 is 0 Å². The normalized spacial score (nSPS) is 26.7. The first-order valence-corrected chi connectivity index (χ1v) is 9.57. The molecule has 3 atom stereocenters. The first-order chi connectivity index (χ1) is 13.2. The molecular formula is C20H25FN4O2. The highest BCUT2D eigenvalue weighted by molar-refractivity contribution is 5.29. The Morgan fingerprint density at radius 3 is 2.56 bits per heavy atom. The van der Waals surface area contributed by atoms with Gasteiger partial charge in [0.15, 0.2) is 0 Å². The Hall–Kier alpha value is -2.25. The number of piperazine rings is 1. The molecule has 0 radical (unpaired) electrons. The zero-order chi connectivity index (χ0) is 18.6. The Labute approximate surface area is 158 Å². The van der Waals surface area contributed by atoms with Crippen LogP contribution in [0.15, 0.2) is 42.7 Å². The Morgan fingerprint density at radius 2 is 1.81 bits per heavy atom. The van der Waals surface area contributed by atoms with E-state index in [1.807, 2.05) is 6.07 Å². The van der Waals surface area contributed by atoms with Crippen LogP contribution in [0.1, 0.15) is 19.3 Å². The average molecular weight is 372 g/mol. The molecule has 6 nitrogen and oxygen atoms in total. The van der Waals surface area contributed by atoms with Gasteiger partial charge in [-0.05, 0) is 37.5 Å². The zero-order valence-electron chi connectivity index (χ0n) is 15.2. The van der Waals surface area contributed by atoms with Crippen molar-refractivity contribution in [2.45, 2.75) is 37.5 Å². The van der Waals surface area contributed by atoms with Crippen molar-refractivity contribution in [3.8, 4) is 5.75 Å². The molecule has 2 heterocycles. The van der Waals surface area contributed by atoms with Crippen LogP contribution < -0.4 is 9.64 Å². The van der Waals surface area contributed by atoms with Crippen molar-refractivity contribution >= 4 is 5.95 Å². The van der Waals surface area contributed by atoms with Crippen LogP contribution in [0.3, 0.4) is 0 Å². The highest BCUT2D eigenvalue weighted by Gasteiger charge is 2.38. The van der Waals surface area contributed by atoms with Crippen LogP contribution in [-0.4, -0.2) is 64.4 Å². The van der Waals surface area contributed by atoms with E-state index in [1.54, 1.807) is 24.5 Å². The van der Waals surface area contributed by atoms with Gasteiger partial charge in [-0.1, -0.05) is 6.07 Å². The standard InChI is InChI=1S/C20H25FN4O2/c21-15-4-1-5-16(14-15)27-18-7-2-6-17(19(18)26)24-10-12-25(13-11-24)20-22-8-3-9-23-20/h1,3-5,8-9,14,17-19,26H,2,6-7,10-13H2/t17-,18+,19+/m0/s1. The van der Waals surface area contributed by atoms with Gasteiger partial charge in [0.25, 0.3) is 0 Å². The second-order valence-corrected chi connectivity index (χ2v) is 7.17. The third-order valence-corrected chi connectivity index (χ3v) is 5.47. The number of nitrogens with zero attached hydrogens (tertiary/aromatic N) is 4. The van der Waals surface area contributed by atoms with Crippen LogP contribution in [-0.2, 0) is 0 Å². The number of aliphatic hydroxyl groups is 1. The van der Waals surface area contributed by atoms with E-state index in [9.17, 15) is 9.50 Å². The van der Waals surface area contributed by atoms with Gasteiger partial charge in [0.05, 0.1) is 0 Å². The van der Waals surface area contributed by atoms with Gasteiger partial charge in [0, 0.05) is 50.7 Å². The lowest BCUT2D eigenvalue weighted by atomic mass is 9.88. The number of hydrogen-bond acceptors (Lipinski definition) is 6. The van der Waals surface area contributed by atoms with Crippen molar-refractivity contribution in [3.63, 3.8) is 0 Å². The SMILES string of the molecule is O[C@H]1[C@H](Oc2cccc(F)c2)CCC[C@@H]1N1CCN(c2ncccn2)CC1. The van der Waals surface area contributed by atoms with E-state index in [0.717, 1.165) is 51.4 Å². The highest BCUT2D eigenvalue weighted by atomic mass is 19.1. The summed E-state index contributed by atoms with van der Waals surface area (Å²) in [7, 11) is 0. The molecule has 4 rings (SSSR count). The lowest BCUT2D eigenvalue weighted by Crippen LogP contribution is -2.58. The summed E-state index contributed by atoms with van der Waals surface area (Å²) in [5.74, 6) is 0.910. The number of aliphatic hydroxyl groups excluding tert-OH is 1. The third kappa shape index (κ3) is 4.20. The van der Waals surface area contributed by atoms with E-state index in [1.165, 1.54) is 12.1 Å². The number of halogens is 1. The van der Waals surface area contributed by atoms with Gasteiger partial charge in [-0.3, -0.25) is 4.90 Å². The predicted molar refractivity (Wildman–Crippen MR) is 100 cm³/mol. The fourth-order valence-corrected chi connectivity index (χ4v) is 4.07. The first-order valence-electron chi connectivity index (χ1n) is 9.57. The van der Waals surface area contributed by atoms with Crippen molar-refractivity contribution in [2.24, 2.45) is 0 Å². The van der Waals surface area contributed by atoms with Crippen LogP contribution in [0.5, 0.6) is 5.75 Å². The smallest absolute Gasteiger partial charge is 0.225 e. The second kappa shape index (κ2) is 8.19. The molecule has 27 heavy (non-hydrogen) atoms. The van der Waals surface area contributed by atoms with Crippen LogP contribution >= 0.6 is 0 Å². The van der Waals surface area contributed by atoms with E-state index in [0.29, 0.717) is 5.75 Å². The van der Waals surface area contributed by atoms with Crippen LogP contribution in [0, 0.1) is 5.82 Å². The maximum absolute atomic E-state index is 13.4. The average Bonchev–Trinajstić information content (AvgIpc) is 2.71. The summed E-state index contributed by atoms with van der Waals surface area (Å²) in [5.41, 5.74) is 0. The molecule has 1 aliphatic heterocycles. The molecule has 0 amide bonds. The fourth-order valence-electron chi connectivity index (χ4n) is 4.07. The Balaban J connectivity index is 1.36. The molecule has 1 aliphatic carbocycles. The summed E-state index contributed by atoms with van der Waals surface area (Å²) in [5, 5.41) is 10.9. The maximum atomic E-state index is 13.4. The first kappa shape index (κ1) is 18.1. The molecule has 1 aromatic carbocycles. The summed E-state index contributed by atoms with van der Waals surface area (Å²) in [6.07, 6.45) is 5.35. The van der Waals surface area contributed by atoms with Gasteiger partial charge in [-0.2, -0.15) is 0 Å². The minimum atomic E-state index is -0.582. The van der Waals surface area contributed by atoms with Crippen molar-refractivity contribution in [1.29, 1.82) is 0 Å². The molecule has 0 spiro atoms. The minimum Gasteiger partial charge on any atom is -0.488 e. The molecule has 0 bridgehead atoms. The maximum Gasteiger partial charge on any atom is 0.225 e. The van der Waals surface area contributed by atoms with Crippen molar-refractivity contribution in [2.75, 3.05) is 31.1 Å². The number of ether oxygens (including phenoxy) is 1.